The summed E-state index contributed by atoms with van der Waals surface area (Å²) in [6.45, 7) is 1.64. The summed E-state index contributed by atoms with van der Waals surface area (Å²) < 4.78 is 0.965. The number of rotatable bonds is 6. The van der Waals surface area contributed by atoms with E-state index in [0.717, 1.165) is 33.5 Å². The van der Waals surface area contributed by atoms with Crippen LogP contribution in [0.15, 0.2) is 53.0 Å². The third kappa shape index (κ3) is 3.56. The lowest BCUT2D eigenvalue weighted by Gasteiger charge is -2.14. The summed E-state index contributed by atoms with van der Waals surface area (Å²) in [5.41, 5.74) is 3.24. The number of aromatic nitrogens is 2. The van der Waals surface area contributed by atoms with Crippen molar-refractivity contribution in [2.24, 2.45) is 0 Å². The van der Waals surface area contributed by atoms with Crippen molar-refractivity contribution in [2.45, 2.75) is 36.1 Å². The summed E-state index contributed by atoms with van der Waals surface area (Å²) in [7, 11) is 0. The molecule has 1 atom stereocenters. The van der Waals surface area contributed by atoms with E-state index >= 15 is 0 Å². The zero-order valence-corrected chi connectivity index (χ0v) is 17.4. The number of thioether (sulfide) groups is 1. The third-order valence-corrected chi connectivity index (χ3v) is 7.00. The Morgan fingerprint density at radius 1 is 1.17 bits per heavy atom. The summed E-state index contributed by atoms with van der Waals surface area (Å²) >= 11 is 2.73. The smallest absolute Gasteiger partial charge is 0.316 e. The molecule has 2 aromatic carbocycles. The number of nitrogens with one attached hydrogen (secondary N) is 1. The Morgan fingerprint density at radius 3 is 2.72 bits per heavy atom. The summed E-state index contributed by atoms with van der Waals surface area (Å²) in [5.74, 6) is 0.520. The van der Waals surface area contributed by atoms with Crippen LogP contribution >= 0.6 is 23.1 Å². The lowest BCUT2D eigenvalue weighted by Crippen LogP contribution is -2.12. The molecular formula is C22H19N3O2S2. The Balaban J connectivity index is 1.57. The Kier molecular flexibility index (Phi) is 4.64. The molecule has 7 heteroatoms. The van der Waals surface area contributed by atoms with Crippen LogP contribution in [-0.4, -0.2) is 26.3 Å². The molecule has 1 fully saturated rings. The third-order valence-electron chi connectivity index (χ3n) is 5.14. The quantitative estimate of drug-likeness (QED) is 0.292. The predicted molar refractivity (Wildman–Crippen MR) is 120 cm³/mol. The number of aliphatic carboxylic acids is 1. The molecule has 2 heterocycles. The second-order valence-electron chi connectivity index (χ2n) is 7.24. The van der Waals surface area contributed by atoms with Gasteiger partial charge in [0.25, 0.3) is 0 Å². The first kappa shape index (κ1) is 18.4. The van der Waals surface area contributed by atoms with Crippen molar-refractivity contribution >= 4 is 61.6 Å². The molecule has 0 aliphatic heterocycles. The van der Waals surface area contributed by atoms with Crippen LogP contribution in [0.25, 0.3) is 21.0 Å². The minimum Gasteiger partial charge on any atom is -0.480 e. The van der Waals surface area contributed by atoms with Gasteiger partial charge >= 0.3 is 5.97 Å². The molecule has 1 aliphatic carbocycles. The summed E-state index contributed by atoms with van der Waals surface area (Å²) in [6.07, 6.45) is 2.53. The maximum atomic E-state index is 11.2. The van der Waals surface area contributed by atoms with Gasteiger partial charge < -0.3 is 10.4 Å². The van der Waals surface area contributed by atoms with Crippen molar-refractivity contribution in [2.75, 3.05) is 5.32 Å². The topological polar surface area (TPSA) is 75.1 Å². The highest BCUT2D eigenvalue weighted by molar-refractivity contribution is 8.00. The Hall–Kier alpha value is -2.64. The van der Waals surface area contributed by atoms with Crippen molar-refractivity contribution in [1.29, 1.82) is 0 Å². The Morgan fingerprint density at radius 2 is 1.97 bits per heavy atom. The van der Waals surface area contributed by atoms with E-state index in [-0.39, 0.29) is 0 Å². The number of carboxylic acids is 1. The lowest BCUT2D eigenvalue weighted by atomic mass is 9.99. The normalized spacial score (nSPS) is 14.9. The highest BCUT2D eigenvalue weighted by atomic mass is 32.2. The number of benzene rings is 2. The summed E-state index contributed by atoms with van der Waals surface area (Å²) in [5, 5.41) is 17.0. The second-order valence-corrected chi connectivity index (χ2v) is 9.46. The standard InChI is InChI=1S/C22H19N3O2S2/c1-12(21(26)27)29-22-24-18-10-11-28-19(18)20(25-22)23-17-9-8-14(13-6-7-13)15-4-2-3-5-16(15)17/h2-5,8-13H,6-7H2,1H3,(H,26,27)(H,23,24,25). The molecule has 0 radical (unpaired) electrons. The fourth-order valence-corrected chi connectivity index (χ4v) is 4.99. The van der Waals surface area contributed by atoms with E-state index in [1.807, 2.05) is 11.4 Å². The number of anilines is 2. The van der Waals surface area contributed by atoms with Crippen molar-refractivity contribution < 1.29 is 9.90 Å². The maximum absolute atomic E-state index is 11.2. The fourth-order valence-electron chi connectivity index (χ4n) is 3.50. The van der Waals surface area contributed by atoms with Gasteiger partial charge in [0, 0.05) is 11.1 Å². The molecule has 2 N–H and O–H groups in total. The van der Waals surface area contributed by atoms with Crippen LogP contribution in [0.4, 0.5) is 11.5 Å². The van der Waals surface area contributed by atoms with Crippen LogP contribution in [0.3, 0.4) is 0 Å². The van der Waals surface area contributed by atoms with Crippen LogP contribution in [0.5, 0.6) is 0 Å². The van der Waals surface area contributed by atoms with Crippen molar-refractivity contribution in [3.63, 3.8) is 0 Å². The van der Waals surface area contributed by atoms with Gasteiger partial charge in [-0.15, -0.1) is 11.3 Å². The van der Waals surface area contributed by atoms with Gasteiger partial charge in [0.05, 0.1) is 10.2 Å². The Bertz CT molecular complexity index is 1230. The first-order valence-corrected chi connectivity index (χ1v) is 11.3. The van der Waals surface area contributed by atoms with Gasteiger partial charge in [-0.1, -0.05) is 42.1 Å². The first-order chi connectivity index (χ1) is 14.1. The molecule has 5 rings (SSSR count). The Labute approximate surface area is 176 Å². The number of nitrogens with zero attached hydrogens (tertiary/aromatic N) is 2. The largest absolute Gasteiger partial charge is 0.480 e. The van der Waals surface area contributed by atoms with Crippen LogP contribution in [0, 0.1) is 0 Å². The van der Waals surface area contributed by atoms with Crippen LogP contribution in [0.2, 0.25) is 0 Å². The monoisotopic (exact) mass is 421 g/mol. The molecule has 1 aliphatic rings. The minimum atomic E-state index is -0.875. The number of hydrogen-bond donors (Lipinski definition) is 2. The van der Waals surface area contributed by atoms with Gasteiger partial charge in [-0.3, -0.25) is 4.79 Å². The van der Waals surface area contributed by atoms with Gasteiger partial charge in [0.2, 0.25) is 0 Å². The van der Waals surface area contributed by atoms with E-state index in [0.29, 0.717) is 11.1 Å². The van der Waals surface area contributed by atoms with Gasteiger partial charge in [-0.2, -0.15) is 0 Å². The molecule has 4 aromatic rings. The molecule has 5 nitrogen and oxygen atoms in total. The average Bonchev–Trinajstić information content (AvgIpc) is 3.45. The molecule has 1 saturated carbocycles. The van der Waals surface area contributed by atoms with Crippen LogP contribution in [-0.2, 0) is 4.79 Å². The molecule has 0 amide bonds. The first-order valence-electron chi connectivity index (χ1n) is 9.53. The number of carbonyl (C=O) groups is 1. The SMILES string of the molecule is CC(Sc1nc(Nc2ccc(C3CC3)c3ccccc23)c2sccc2n1)C(=O)O. The van der Waals surface area contributed by atoms with E-state index in [1.54, 1.807) is 18.3 Å². The molecule has 2 aromatic heterocycles. The van der Waals surface area contributed by atoms with Gasteiger partial charge in [-0.25, -0.2) is 9.97 Å². The van der Waals surface area contributed by atoms with Gasteiger partial charge in [0.15, 0.2) is 11.0 Å². The second kappa shape index (κ2) is 7.31. The zero-order valence-electron chi connectivity index (χ0n) is 15.8. The highest BCUT2D eigenvalue weighted by Gasteiger charge is 2.25. The molecule has 146 valence electrons. The molecule has 0 spiro atoms. The number of thiophene rings is 1. The molecule has 1 unspecified atom stereocenters. The highest BCUT2D eigenvalue weighted by Crippen LogP contribution is 2.44. The van der Waals surface area contributed by atoms with E-state index in [9.17, 15) is 9.90 Å². The molecule has 0 bridgehead atoms. The molecular weight excluding hydrogens is 402 g/mol. The van der Waals surface area contributed by atoms with E-state index in [2.05, 4.69) is 51.7 Å². The number of hydrogen-bond acceptors (Lipinski definition) is 6. The predicted octanol–water partition coefficient (Wildman–Crippen LogP) is 6.03. The average molecular weight is 422 g/mol. The molecule has 0 saturated heterocycles. The number of fused-ring (bicyclic) bond motifs is 2. The molecule has 29 heavy (non-hydrogen) atoms. The minimum absolute atomic E-state index is 0.465. The zero-order chi connectivity index (χ0) is 20.0. The van der Waals surface area contributed by atoms with Crippen LogP contribution < -0.4 is 5.32 Å². The summed E-state index contributed by atoms with van der Waals surface area (Å²) in [4.78, 5) is 20.4. The lowest BCUT2D eigenvalue weighted by molar-refractivity contribution is -0.136. The van der Waals surface area contributed by atoms with Gasteiger partial charge in [-0.05, 0) is 54.1 Å². The van der Waals surface area contributed by atoms with E-state index < -0.39 is 11.2 Å². The van der Waals surface area contributed by atoms with Gasteiger partial charge in [0.1, 0.15) is 5.25 Å². The number of carboxylic acid groups (broad SMARTS) is 1. The summed E-state index contributed by atoms with van der Waals surface area (Å²) in [6, 6.07) is 14.8. The van der Waals surface area contributed by atoms with Crippen molar-refractivity contribution in [3.8, 4) is 0 Å². The van der Waals surface area contributed by atoms with Crippen LogP contribution in [0.1, 0.15) is 31.2 Å². The van der Waals surface area contributed by atoms with Crippen molar-refractivity contribution in [3.05, 3.63) is 53.4 Å². The van der Waals surface area contributed by atoms with E-state index in [1.165, 1.54) is 29.2 Å². The maximum Gasteiger partial charge on any atom is 0.316 e. The fraction of sp³-hybridized carbons (Fsp3) is 0.227. The van der Waals surface area contributed by atoms with Crippen molar-refractivity contribution in [1.82, 2.24) is 9.97 Å². The van der Waals surface area contributed by atoms with E-state index in [4.69, 9.17) is 0 Å².